The van der Waals surface area contributed by atoms with Gasteiger partial charge in [-0.25, -0.2) is 8.78 Å². The summed E-state index contributed by atoms with van der Waals surface area (Å²) in [6, 6.07) is 1.01. The van der Waals surface area contributed by atoms with E-state index < -0.39 is 25.9 Å². The summed E-state index contributed by atoms with van der Waals surface area (Å²) in [6.07, 6.45) is 0.0296. The standard InChI is InChI=1S/C17H28BrF2N3O3Si/c1-25-15(24)13(12-5-7-17(19,20)8-6-12)14-21-22-16(18)23(14)11-26-9-10-27(2,3)4/h12-13H,5-11H2,1-4H3. The normalized spacial score (nSPS) is 19.1. The van der Waals surface area contributed by atoms with Crippen molar-refractivity contribution >= 4 is 30.0 Å². The Morgan fingerprint density at radius 3 is 2.52 bits per heavy atom. The van der Waals surface area contributed by atoms with Gasteiger partial charge in [0.05, 0.1) is 7.11 Å². The lowest BCUT2D eigenvalue weighted by Gasteiger charge is -2.32. The number of hydrogen-bond donors (Lipinski definition) is 0. The highest BCUT2D eigenvalue weighted by Crippen LogP contribution is 2.42. The Balaban J connectivity index is 2.15. The minimum atomic E-state index is -2.66. The monoisotopic (exact) mass is 467 g/mol. The van der Waals surface area contributed by atoms with Crippen LogP contribution in [0.2, 0.25) is 25.7 Å². The third-order valence-corrected chi connectivity index (χ3v) is 7.21. The highest BCUT2D eigenvalue weighted by Gasteiger charge is 2.42. The van der Waals surface area contributed by atoms with E-state index in [0.29, 0.717) is 17.2 Å². The zero-order valence-electron chi connectivity index (χ0n) is 16.3. The van der Waals surface area contributed by atoms with Gasteiger partial charge in [0.25, 0.3) is 0 Å². The molecule has 1 fully saturated rings. The fraction of sp³-hybridized carbons (Fsp3) is 0.824. The van der Waals surface area contributed by atoms with Gasteiger partial charge in [-0.2, -0.15) is 0 Å². The maximum Gasteiger partial charge on any atom is 0.316 e. The summed E-state index contributed by atoms with van der Waals surface area (Å²) in [5.41, 5.74) is 0. The summed E-state index contributed by atoms with van der Waals surface area (Å²) in [5, 5.41) is 8.14. The molecule has 1 aliphatic carbocycles. The van der Waals surface area contributed by atoms with Crippen LogP contribution in [0.25, 0.3) is 0 Å². The van der Waals surface area contributed by atoms with Gasteiger partial charge in [-0.05, 0) is 40.7 Å². The molecular formula is C17H28BrF2N3O3Si. The number of ether oxygens (including phenoxy) is 2. The Labute approximate surface area is 168 Å². The quantitative estimate of drug-likeness (QED) is 0.321. The van der Waals surface area contributed by atoms with Crippen LogP contribution in [0.1, 0.15) is 37.4 Å². The number of alkyl halides is 2. The molecule has 0 aromatic carbocycles. The van der Waals surface area contributed by atoms with Crippen molar-refractivity contribution < 1.29 is 23.0 Å². The van der Waals surface area contributed by atoms with Gasteiger partial charge in [-0.3, -0.25) is 9.36 Å². The molecule has 1 aromatic heterocycles. The summed E-state index contributed by atoms with van der Waals surface area (Å²) < 4.78 is 39.9. The highest BCUT2D eigenvalue weighted by atomic mass is 79.9. The molecule has 1 atom stereocenters. The van der Waals surface area contributed by atoms with Crippen molar-refractivity contribution in [2.75, 3.05) is 13.7 Å². The molecule has 1 unspecified atom stereocenters. The fourth-order valence-corrected chi connectivity index (χ4v) is 4.33. The molecular weight excluding hydrogens is 440 g/mol. The zero-order valence-corrected chi connectivity index (χ0v) is 18.9. The number of esters is 1. The molecule has 1 aromatic rings. The Morgan fingerprint density at radius 1 is 1.33 bits per heavy atom. The zero-order chi connectivity index (χ0) is 20.2. The number of carbonyl (C=O) groups is 1. The van der Waals surface area contributed by atoms with Crippen LogP contribution in [0, 0.1) is 5.92 Å². The Bertz CT molecular complexity index is 642. The van der Waals surface area contributed by atoms with Crippen LogP contribution in [-0.2, 0) is 21.0 Å². The van der Waals surface area contributed by atoms with E-state index in [1.54, 1.807) is 4.57 Å². The predicted octanol–water partition coefficient (Wildman–Crippen LogP) is 4.44. The SMILES string of the molecule is COC(=O)C(c1nnc(Br)n1COCC[Si](C)(C)C)C1CCC(F)(F)CC1. The van der Waals surface area contributed by atoms with Crippen molar-refractivity contribution in [1.82, 2.24) is 14.8 Å². The summed E-state index contributed by atoms with van der Waals surface area (Å²) >= 11 is 3.34. The molecule has 6 nitrogen and oxygen atoms in total. The van der Waals surface area contributed by atoms with Crippen molar-refractivity contribution in [1.29, 1.82) is 0 Å². The first-order valence-corrected chi connectivity index (χ1v) is 13.7. The largest absolute Gasteiger partial charge is 0.468 e. The minimum Gasteiger partial charge on any atom is -0.468 e. The first kappa shape index (κ1) is 22.4. The Kier molecular flexibility index (Phi) is 7.54. The summed E-state index contributed by atoms with van der Waals surface area (Å²) in [5.74, 6) is -3.73. The van der Waals surface area contributed by atoms with Gasteiger partial charge in [0.2, 0.25) is 10.7 Å². The molecule has 0 amide bonds. The van der Waals surface area contributed by atoms with Gasteiger partial charge >= 0.3 is 5.97 Å². The van der Waals surface area contributed by atoms with E-state index in [4.69, 9.17) is 9.47 Å². The van der Waals surface area contributed by atoms with Gasteiger partial charge < -0.3 is 9.47 Å². The average Bonchev–Trinajstić information content (AvgIpc) is 2.93. The molecule has 10 heteroatoms. The second kappa shape index (κ2) is 9.08. The molecule has 0 aliphatic heterocycles. The smallest absolute Gasteiger partial charge is 0.316 e. The van der Waals surface area contributed by atoms with Crippen LogP contribution in [0.15, 0.2) is 4.73 Å². The molecule has 0 spiro atoms. The van der Waals surface area contributed by atoms with E-state index >= 15 is 0 Å². The summed E-state index contributed by atoms with van der Waals surface area (Å²) in [4.78, 5) is 12.5. The minimum absolute atomic E-state index is 0.198. The second-order valence-corrected chi connectivity index (χ2v) is 14.6. The first-order chi connectivity index (χ1) is 12.5. The third-order valence-electron chi connectivity index (χ3n) is 4.92. The number of nitrogens with zero attached hydrogens (tertiary/aromatic N) is 3. The van der Waals surface area contributed by atoms with Crippen LogP contribution in [0.5, 0.6) is 0 Å². The molecule has 1 saturated carbocycles. The van der Waals surface area contributed by atoms with E-state index in [0.717, 1.165) is 6.04 Å². The lowest BCUT2D eigenvalue weighted by molar-refractivity contribution is -0.145. The summed E-state index contributed by atoms with van der Waals surface area (Å²) in [7, 11) is 0.0838. The number of hydrogen-bond acceptors (Lipinski definition) is 5. The maximum atomic E-state index is 13.5. The molecule has 0 saturated heterocycles. The lowest BCUT2D eigenvalue weighted by Crippen LogP contribution is -2.33. The molecule has 1 aliphatic rings. The van der Waals surface area contributed by atoms with Crippen LogP contribution < -0.4 is 0 Å². The van der Waals surface area contributed by atoms with Gasteiger partial charge in [0, 0.05) is 27.5 Å². The van der Waals surface area contributed by atoms with Gasteiger partial charge in [0.1, 0.15) is 18.5 Å². The van der Waals surface area contributed by atoms with E-state index in [-0.39, 0.29) is 38.3 Å². The molecule has 0 bridgehead atoms. The average molecular weight is 468 g/mol. The van der Waals surface area contributed by atoms with Crippen molar-refractivity contribution in [2.45, 2.75) is 69.9 Å². The van der Waals surface area contributed by atoms with Crippen LogP contribution in [0.4, 0.5) is 8.78 Å². The number of aromatic nitrogens is 3. The van der Waals surface area contributed by atoms with Crippen molar-refractivity contribution in [2.24, 2.45) is 5.92 Å². The van der Waals surface area contributed by atoms with Crippen molar-refractivity contribution in [3.63, 3.8) is 0 Å². The van der Waals surface area contributed by atoms with E-state index in [1.807, 2.05) is 0 Å². The number of carbonyl (C=O) groups excluding carboxylic acids is 1. The predicted molar refractivity (Wildman–Crippen MR) is 103 cm³/mol. The first-order valence-electron chi connectivity index (χ1n) is 9.16. The lowest BCUT2D eigenvalue weighted by atomic mass is 9.78. The molecule has 27 heavy (non-hydrogen) atoms. The van der Waals surface area contributed by atoms with Crippen LogP contribution in [0.3, 0.4) is 0 Å². The summed E-state index contributed by atoms with van der Waals surface area (Å²) in [6.45, 7) is 7.61. The topological polar surface area (TPSA) is 66.2 Å². The molecule has 154 valence electrons. The molecule has 0 radical (unpaired) electrons. The Morgan fingerprint density at radius 2 is 1.96 bits per heavy atom. The highest BCUT2D eigenvalue weighted by molar-refractivity contribution is 9.10. The fourth-order valence-electron chi connectivity index (χ4n) is 3.21. The molecule has 1 heterocycles. The van der Waals surface area contributed by atoms with E-state index in [9.17, 15) is 13.6 Å². The number of methoxy groups -OCH3 is 1. The second-order valence-electron chi connectivity index (χ2n) is 8.30. The maximum absolute atomic E-state index is 13.5. The van der Waals surface area contributed by atoms with Crippen LogP contribution >= 0.6 is 15.9 Å². The molecule has 0 N–H and O–H groups in total. The van der Waals surface area contributed by atoms with E-state index in [1.165, 1.54) is 7.11 Å². The Hall–Kier alpha value is -0.873. The van der Waals surface area contributed by atoms with Gasteiger partial charge in [-0.15, -0.1) is 10.2 Å². The molecule has 2 rings (SSSR count). The van der Waals surface area contributed by atoms with Gasteiger partial charge in [0.15, 0.2) is 0 Å². The van der Waals surface area contributed by atoms with Gasteiger partial charge in [-0.1, -0.05) is 19.6 Å². The van der Waals surface area contributed by atoms with E-state index in [2.05, 4.69) is 45.8 Å². The van der Waals surface area contributed by atoms with Crippen molar-refractivity contribution in [3.05, 3.63) is 10.6 Å². The number of halogens is 3. The number of rotatable bonds is 8. The van der Waals surface area contributed by atoms with Crippen molar-refractivity contribution in [3.8, 4) is 0 Å². The third kappa shape index (κ3) is 6.32. The van der Waals surface area contributed by atoms with Crippen LogP contribution in [-0.4, -0.2) is 48.4 Å².